The molecule has 1 atom stereocenters. The SMILES string of the molecule is Cc1cc(F)cc(CN2CC(CBr)CC2=O)c1. The Hall–Kier alpha value is -0.900. The number of halogens is 2. The van der Waals surface area contributed by atoms with Crippen LogP contribution < -0.4 is 0 Å². The molecule has 0 spiro atoms. The van der Waals surface area contributed by atoms with E-state index in [9.17, 15) is 9.18 Å². The Bertz CT molecular complexity index is 415. The van der Waals surface area contributed by atoms with Crippen molar-refractivity contribution in [3.05, 3.63) is 35.1 Å². The summed E-state index contributed by atoms with van der Waals surface area (Å²) < 4.78 is 13.2. The molecule has 1 heterocycles. The number of amides is 1. The van der Waals surface area contributed by atoms with Gasteiger partial charge in [0.2, 0.25) is 5.91 Å². The molecule has 0 aliphatic carbocycles. The number of rotatable bonds is 3. The Kier molecular flexibility index (Phi) is 3.82. The van der Waals surface area contributed by atoms with Crippen molar-refractivity contribution in [1.29, 1.82) is 0 Å². The number of nitrogens with zero attached hydrogens (tertiary/aromatic N) is 1. The molecule has 1 saturated heterocycles. The molecule has 0 saturated carbocycles. The fourth-order valence-electron chi connectivity index (χ4n) is 2.23. The highest BCUT2D eigenvalue weighted by Crippen LogP contribution is 2.22. The van der Waals surface area contributed by atoms with Crippen LogP contribution in [0.2, 0.25) is 0 Å². The van der Waals surface area contributed by atoms with Crippen molar-refractivity contribution < 1.29 is 9.18 Å². The standard InChI is InChI=1S/C13H15BrFNO/c1-9-2-10(4-12(15)3-9)7-16-8-11(6-14)5-13(16)17/h2-4,11H,5-8H2,1H3. The second-order valence-electron chi connectivity index (χ2n) is 4.64. The predicted molar refractivity (Wildman–Crippen MR) is 68.5 cm³/mol. The van der Waals surface area contributed by atoms with E-state index < -0.39 is 0 Å². The summed E-state index contributed by atoms with van der Waals surface area (Å²) in [4.78, 5) is 13.5. The highest BCUT2D eigenvalue weighted by molar-refractivity contribution is 9.09. The number of carbonyl (C=O) groups is 1. The van der Waals surface area contributed by atoms with Gasteiger partial charge in [0, 0.05) is 24.8 Å². The first-order chi connectivity index (χ1) is 8.08. The maximum atomic E-state index is 13.2. The summed E-state index contributed by atoms with van der Waals surface area (Å²) >= 11 is 3.40. The number of aryl methyl sites for hydroxylation is 1. The van der Waals surface area contributed by atoms with Crippen LogP contribution in [0.15, 0.2) is 18.2 Å². The molecule has 1 fully saturated rings. The summed E-state index contributed by atoms with van der Waals surface area (Å²) in [7, 11) is 0. The van der Waals surface area contributed by atoms with Crippen LogP contribution in [0.25, 0.3) is 0 Å². The van der Waals surface area contributed by atoms with Crippen LogP contribution in [0.3, 0.4) is 0 Å². The zero-order chi connectivity index (χ0) is 12.4. The summed E-state index contributed by atoms with van der Waals surface area (Å²) in [6.07, 6.45) is 0.597. The smallest absolute Gasteiger partial charge is 0.223 e. The van der Waals surface area contributed by atoms with Gasteiger partial charge in [0.15, 0.2) is 0 Å². The van der Waals surface area contributed by atoms with Gasteiger partial charge in [-0.3, -0.25) is 4.79 Å². The second-order valence-corrected chi connectivity index (χ2v) is 5.28. The lowest BCUT2D eigenvalue weighted by molar-refractivity contribution is -0.128. The molecule has 0 aromatic heterocycles. The lowest BCUT2D eigenvalue weighted by atomic mass is 10.1. The van der Waals surface area contributed by atoms with Gasteiger partial charge in [0.25, 0.3) is 0 Å². The fraction of sp³-hybridized carbons (Fsp3) is 0.462. The lowest BCUT2D eigenvalue weighted by Gasteiger charge is -2.16. The van der Waals surface area contributed by atoms with Crippen LogP contribution in [0.1, 0.15) is 17.5 Å². The number of hydrogen-bond donors (Lipinski definition) is 0. The molecule has 1 aromatic carbocycles. The predicted octanol–water partition coefficient (Wildman–Crippen LogP) is 2.88. The molecule has 0 N–H and O–H groups in total. The minimum atomic E-state index is -0.233. The molecule has 0 radical (unpaired) electrons. The minimum Gasteiger partial charge on any atom is -0.338 e. The maximum Gasteiger partial charge on any atom is 0.223 e. The van der Waals surface area contributed by atoms with Crippen molar-refractivity contribution in [1.82, 2.24) is 4.90 Å². The number of benzene rings is 1. The Labute approximate surface area is 109 Å². The Morgan fingerprint density at radius 2 is 2.24 bits per heavy atom. The van der Waals surface area contributed by atoms with E-state index in [1.165, 1.54) is 12.1 Å². The highest BCUT2D eigenvalue weighted by Gasteiger charge is 2.28. The number of alkyl halides is 1. The van der Waals surface area contributed by atoms with Crippen LogP contribution in [-0.2, 0) is 11.3 Å². The van der Waals surface area contributed by atoms with Crippen LogP contribution in [0, 0.1) is 18.7 Å². The Morgan fingerprint density at radius 3 is 2.82 bits per heavy atom. The van der Waals surface area contributed by atoms with Crippen molar-refractivity contribution >= 4 is 21.8 Å². The molecule has 2 rings (SSSR count). The van der Waals surface area contributed by atoms with E-state index >= 15 is 0 Å². The van der Waals surface area contributed by atoms with Crippen molar-refractivity contribution in [2.75, 3.05) is 11.9 Å². The quantitative estimate of drug-likeness (QED) is 0.786. The zero-order valence-corrected chi connectivity index (χ0v) is 11.3. The van der Waals surface area contributed by atoms with E-state index in [-0.39, 0.29) is 11.7 Å². The van der Waals surface area contributed by atoms with E-state index in [1.807, 2.05) is 13.0 Å². The molecule has 1 aliphatic rings. The number of hydrogen-bond acceptors (Lipinski definition) is 1. The molecule has 0 bridgehead atoms. The van der Waals surface area contributed by atoms with Gasteiger partial charge in [-0.15, -0.1) is 0 Å². The van der Waals surface area contributed by atoms with Gasteiger partial charge < -0.3 is 4.90 Å². The first-order valence-electron chi connectivity index (χ1n) is 5.68. The lowest BCUT2D eigenvalue weighted by Crippen LogP contribution is -2.24. The van der Waals surface area contributed by atoms with Gasteiger partial charge in [0.1, 0.15) is 5.82 Å². The Balaban J connectivity index is 2.08. The summed E-state index contributed by atoms with van der Waals surface area (Å²) in [5.41, 5.74) is 1.76. The van der Waals surface area contributed by atoms with Gasteiger partial charge in [-0.05, 0) is 36.1 Å². The molecule has 92 valence electrons. The average molecular weight is 300 g/mol. The number of carbonyl (C=O) groups excluding carboxylic acids is 1. The molecule has 4 heteroatoms. The third-order valence-corrected chi connectivity index (χ3v) is 3.90. The van der Waals surface area contributed by atoms with Crippen molar-refractivity contribution in [3.63, 3.8) is 0 Å². The normalized spacial score (nSPS) is 20.1. The summed E-state index contributed by atoms with van der Waals surface area (Å²) in [6, 6.07) is 4.93. The van der Waals surface area contributed by atoms with E-state index in [1.54, 1.807) is 4.90 Å². The van der Waals surface area contributed by atoms with Gasteiger partial charge in [-0.2, -0.15) is 0 Å². The van der Waals surface area contributed by atoms with Crippen LogP contribution in [0.4, 0.5) is 4.39 Å². The number of likely N-dealkylation sites (tertiary alicyclic amines) is 1. The minimum absolute atomic E-state index is 0.163. The molecule has 2 nitrogen and oxygen atoms in total. The largest absolute Gasteiger partial charge is 0.338 e. The van der Waals surface area contributed by atoms with E-state index in [0.717, 1.165) is 23.0 Å². The van der Waals surface area contributed by atoms with Crippen LogP contribution in [-0.4, -0.2) is 22.7 Å². The van der Waals surface area contributed by atoms with Crippen molar-refractivity contribution in [2.24, 2.45) is 5.92 Å². The fourth-order valence-corrected chi connectivity index (χ4v) is 2.67. The third kappa shape index (κ3) is 3.06. The van der Waals surface area contributed by atoms with Crippen LogP contribution >= 0.6 is 15.9 Å². The maximum absolute atomic E-state index is 13.2. The van der Waals surface area contributed by atoms with E-state index in [4.69, 9.17) is 0 Å². The monoisotopic (exact) mass is 299 g/mol. The van der Waals surface area contributed by atoms with Gasteiger partial charge in [-0.1, -0.05) is 22.0 Å². The molecule has 1 aliphatic heterocycles. The van der Waals surface area contributed by atoms with Gasteiger partial charge in [0.05, 0.1) is 0 Å². The molecular weight excluding hydrogens is 285 g/mol. The summed E-state index contributed by atoms with van der Waals surface area (Å²) in [5.74, 6) is 0.317. The van der Waals surface area contributed by atoms with Gasteiger partial charge in [-0.25, -0.2) is 4.39 Å². The Morgan fingerprint density at radius 1 is 1.47 bits per heavy atom. The summed E-state index contributed by atoms with van der Waals surface area (Å²) in [5, 5.41) is 0.845. The topological polar surface area (TPSA) is 20.3 Å². The summed E-state index contributed by atoms with van der Waals surface area (Å²) in [6.45, 7) is 3.14. The van der Waals surface area contributed by atoms with Crippen molar-refractivity contribution in [2.45, 2.75) is 19.9 Å². The second kappa shape index (κ2) is 5.17. The van der Waals surface area contributed by atoms with E-state index in [0.29, 0.717) is 18.9 Å². The molecule has 1 unspecified atom stereocenters. The average Bonchev–Trinajstić information content (AvgIpc) is 2.58. The first kappa shape index (κ1) is 12.6. The first-order valence-corrected chi connectivity index (χ1v) is 6.80. The third-order valence-electron chi connectivity index (χ3n) is 2.99. The molecule has 1 amide bonds. The zero-order valence-electron chi connectivity index (χ0n) is 9.75. The molecular formula is C13H15BrFNO. The molecule has 17 heavy (non-hydrogen) atoms. The van der Waals surface area contributed by atoms with Crippen molar-refractivity contribution in [3.8, 4) is 0 Å². The van der Waals surface area contributed by atoms with E-state index in [2.05, 4.69) is 15.9 Å². The highest BCUT2D eigenvalue weighted by atomic mass is 79.9. The van der Waals surface area contributed by atoms with Crippen LogP contribution in [0.5, 0.6) is 0 Å². The molecule has 1 aromatic rings. The van der Waals surface area contributed by atoms with Gasteiger partial charge >= 0.3 is 0 Å².